The van der Waals surface area contributed by atoms with Crippen molar-refractivity contribution in [3.8, 4) is 0 Å². The zero-order valence-electron chi connectivity index (χ0n) is 7.25. The summed E-state index contributed by atoms with van der Waals surface area (Å²) in [5.41, 5.74) is 0. The predicted octanol–water partition coefficient (Wildman–Crippen LogP) is 0.317. The first-order valence-corrected chi connectivity index (χ1v) is 7.12. The van der Waals surface area contributed by atoms with Crippen LogP contribution in [0.2, 0.25) is 19.1 Å². The molecular formula is C7H18O3Si. The van der Waals surface area contributed by atoms with Crippen LogP contribution in [0.1, 0.15) is 12.8 Å². The quantitative estimate of drug-likeness (QED) is 0.531. The van der Waals surface area contributed by atoms with Crippen LogP contribution in [0.4, 0.5) is 0 Å². The standard InChI is InChI=1S/C7H18O3Si/c1-11(2,10)5-3-4-7(9)6-8/h7-10H,3-6H2,1-2H3. The molecule has 3 nitrogen and oxygen atoms in total. The molecule has 0 bridgehead atoms. The third kappa shape index (κ3) is 8.00. The molecule has 0 aromatic rings. The lowest BCUT2D eigenvalue weighted by Crippen LogP contribution is -2.25. The third-order valence-electron chi connectivity index (χ3n) is 1.54. The van der Waals surface area contributed by atoms with Crippen LogP contribution in [0.15, 0.2) is 0 Å². The molecule has 0 radical (unpaired) electrons. The molecule has 0 fully saturated rings. The number of rotatable bonds is 5. The maximum absolute atomic E-state index is 9.40. The van der Waals surface area contributed by atoms with Crippen LogP contribution in [0.3, 0.4) is 0 Å². The molecule has 1 atom stereocenters. The van der Waals surface area contributed by atoms with E-state index in [0.717, 1.165) is 12.5 Å². The van der Waals surface area contributed by atoms with Gasteiger partial charge in [-0.1, -0.05) is 6.42 Å². The van der Waals surface area contributed by atoms with E-state index < -0.39 is 14.4 Å². The second-order valence-corrected chi connectivity index (χ2v) is 7.67. The molecule has 0 rings (SSSR count). The highest BCUT2D eigenvalue weighted by molar-refractivity contribution is 6.69. The fourth-order valence-electron chi connectivity index (χ4n) is 0.862. The molecule has 0 heterocycles. The van der Waals surface area contributed by atoms with E-state index in [9.17, 15) is 4.80 Å². The Hall–Kier alpha value is 0.0969. The van der Waals surface area contributed by atoms with Gasteiger partial charge in [0.25, 0.3) is 0 Å². The van der Waals surface area contributed by atoms with Crippen molar-refractivity contribution in [3.05, 3.63) is 0 Å². The molecule has 0 aliphatic heterocycles. The van der Waals surface area contributed by atoms with Gasteiger partial charge in [0.2, 0.25) is 0 Å². The molecule has 11 heavy (non-hydrogen) atoms. The Labute approximate surface area is 68.8 Å². The summed E-state index contributed by atoms with van der Waals surface area (Å²) in [6.07, 6.45) is 0.789. The highest BCUT2D eigenvalue weighted by Gasteiger charge is 2.16. The molecule has 0 saturated carbocycles. The number of hydrogen-bond acceptors (Lipinski definition) is 3. The van der Waals surface area contributed by atoms with E-state index in [1.54, 1.807) is 0 Å². The molecule has 0 aromatic carbocycles. The van der Waals surface area contributed by atoms with Gasteiger partial charge in [-0.25, -0.2) is 0 Å². The Bertz CT molecular complexity index is 100. The molecule has 1 unspecified atom stereocenters. The van der Waals surface area contributed by atoms with Crippen molar-refractivity contribution in [1.29, 1.82) is 0 Å². The average Bonchev–Trinajstić information content (AvgIpc) is 1.85. The minimum atomic E-state index is -1.93. The summed E-state index contributed by atoms with van der Waals surface area (Å²) >= 11 is 0. The summed E-state index contributed by atoms with van der Waals surface area (Å²) in [5.74, 6) is 0. The van der Waals surface area contributed by atoms with Gasteiger partial charge >= 0.3 is 0 Å². The van der Waals surface area contributed by atoms with Crippen molar-refractivity contribution >= 4 is 8.32 Å². The lowest BCUT2D eigenvalue weighted by Gasteiger charge is -2.14. The highest BCUT2D eigenvalue weighted by Crippen LogP contribution is 2.10. The number of hydrogen-bond donors (Lipinski definition) is 3. The van der Waals surface area contributed by atoms with Gasteiger partial charge in [0.05, 0.1) is 12.7 Å². The second kappa shape index (κ2) is 4.87. The second-order valence-electron chi connectivity index (χ2n) is 3.54. The van der Waals surface area contributed by atoms with Crippen molar-refractivity contribution in [3.63, 3.8) is 0 Å². The zero-order valence-corrected chi connectivity index (χ0v) is 8.25. The smallest absolute Gasteiger partial charge is 0.182 e. The van der Waals surface area contributed by atoms with E-state index in [0.29, 0.717) is 6.42 Å². The number of aliphatic hydroxyl groups is 2. The van der Waals surface area contributed by atoms with Crippen LogP contribution >= 0.6 is 0 Å². The van der Waals surface area contributed by atoms with Gasteiger partial charge in [0.1, 0.15) is 0 Å². The number of aliphatic hydroxyl groups excluding tert-OH is 2. The van der Waals surface area contributed by atoms with Crippen LogP contribution in [0.25, 0.3) is 0 Å². The highest BCUT2D eigenvalue weighted by atomic mass is 28.4. The molecule has 0 aliphatic rings. The maximum atomic E-state index is 9.40. The van der Waals surface area contributed by atoms with Crippen LogP contribution in [0.5, 0.6) is 0 Å². The molecule has 0 aliphatic carbocycles. The Morgan fingerprint density at radius 1 is 1.36 bits per heavy atom. The Morgan fingerprint density at radius 3 is 2.27 bits per heavy atom. The fraction of sp³-hybridized carbons (Fsp3) is 1.00. The summed E-state index contributed by atoms with van der Waals surface area (Å²) in [5, 5.41) is 17.4. The van der Waals surface area contributed by atoms with Crippen molar-refractivity contribution in [2.75, 3.05) is 6.61 Å². The fourth-order valence-corrected chi connectivity index (χ4v) is 1.93. The van der Waals surface area contributed by atoms with Crippen molar-refractivity contribution < 1.29 is 15.0 Å². The first-order chi connectivity index (χ1) is 4.95. The van der Waals surface area contributed by atoms with E-state index in [-0.39, 0.29) is 6.61 Å². The van der Waals surface area contributed by atoms with Gasteiger partial charge in [-0.2, -0.15) is 0 Å². The molecule has 0 spiro atoms. The molecule has 0 aromatic heterocycles. The Kier molecular flexibility index (Phi) is 4.91. The van der Waals surface area contributed by atoms with Crippen LogP contribution < -0.4 is 0 Å². The van der Waals surface area contributed by atoms with Crippen LogP contribution in [-0.4, -0.2) is 36.0 Å². The molecular weight excluding hydrogens is 160 g/mol. The lowest BCUT2D eigenvalue weighted by atomic mass is 10.2. The first kappa shape index (κ1) is 11.1. The van der Waals surface area contributed by atoms with E-state index in [1.165, 1.54) is 0 Å². The summed E-state index contributed by atoms with van der Waals surface area (Å²) in [7, 11) is -1.93. The summed E-state index contributed by atoms with van der Waals surface area (Å²) in [6.45, 7) is 3.57. The van der Waals surface area contributed by atoms with E-state index in [4.69, 9.17) is 10.2 Å². The SMILES string of the molecule is C[Si](C)(O)CCCC(O)CO. The van der Waals surface area contributed by atoms with E-state index in [1.807, 2.05) is 13.1 Å². The Morgan fingerprint density at radius 2 is 1.91 bits per heavy atom. The van der Waals surface area contributed by atoms with Gasteiger partial charge in [0.15, 0.2) is 8.32 Å². The molecule has 0 amide bonds. The first-order valence-electron chi connectivity index (χ1n) is 3.97. The van der Waals surface area contributed by atoms with Gasteiger partial charge in [-0.05, 0) is 25.6 Å². The third-order valence-corrected chi connectivity index (χ3v) is 3.11. The van der Waals surface area contributed by atoms with Crippen molar-refractivity contribution in [2.24, 2.45) is 0 Å². The van der Waals surface area contributed by atoms with Crippen molar-refractivity contribution in [1.82, 2.24) is 0 Å². The largest absolute Gasteiger partial charge is 0.432 e. The van der Waals surface area contributed by atoms with Gasteiger partial charge in [-0.3, -0.25) is 0 Å². The summed E-state index contributed by atoms with van der Waals surface area (Å²) in [4.78, 5) is 9.40. The molecule has 68 valence electrons. The van der Waals surface area contributed by atoms with Gasteiger partial charge in [-0.15, -0.1) is 0 Å². The average molecular weight is 178 g/mol. The zero-order chi connectivity index (χ0) is 8.91. The topological polar surface area (TPSA) is 60.7 Å². The lowest BCUT2D eigenvalue weighted by molar-refractivity contribution is 0.0875. The monoisotopic (exact) mass is 178 g/mol. The van der Waals surface area contributed by atoms with E-state index >= 15 is 0 Å². The summed E-state index contributed by atoms with van der Waals surface area (Å²) < 4.78 is 0. The predicted molar refractivity (Wildman–Crippen MR) is 46.8 cm³/mol. The van der Waals surface area contributed by atoms with Crippen molar-refractivity contribution in [2.45, 2.75) is 38.1 Å². The van der Waals surface area contributed by atoms with Crippen LogP contribution in [-0.2, 0) is 0 Å². The molecule has 0 saturated heterocycles. The molecule has 3 N–H and O–H groups in total. The normalized spacial score (nSPS) is 15.0. The molecule has 4 heteroatoms. The minimum absolute atomic E-state index is 0.173. The van der Waals surface area contributed by atoms with E-state index in [2.05, 4.69) is 0 Å². The Balaban J connectivity index is 3.28. The maximum Gasteiger partial charge on any atom is 0.182 e. The van der Waals surface area contributed by atoms with Gasteiger partial charge in [0, 0.05) is 0 Å². The summed E-state index contributed by atoms with van der Waals surface area (Å²) in [6, 6.07) is 0.796. The van der Waals surface area contributed by atoms with Crippen LogP contribution in [0, 0.1) is 0 Å². The van der Waals surface area contributed by atoms with Gasteiger partial charge < -0.3 is 15.0 Å². The minimum Gasteiger partial charge on any atom is -0.432 e.